The summed E-state index contributed by atoms with van der Waals surface area (Å²) < 4.78 is 13.2. The molecule has 0 saturated carbocycles. The number of thioether (sulfide) groups is 1. The molecule has 0 fully saturated rings. The van der Waals surface area contributed by atoms with E-state index in [1.807, 2.05) is 0 Å². The number of aliphatic hydroxyl groups excluding tert-OH is 1. The molecule has 0 radical (unpaired) electrons. The summed E-state index contributed by atoms with van der Waals surface area (Å²) in [5, 5.41) is 11.8. The van der Waals surface area contributed by atoms with Crippen LogP contribution in [-0.2, 0) is 14.4 Å². The van der Waals surface area contributed by atoms with E-state index in [9.17, 15) is 18.8 Å². The van der Waals surface area contributed by atoms with Crippen molar-refractivity contribution in [1.29, 1.82) is 0 Å². The molecule has 0 aliphatic carbocycles. The van der Waals surface area contributed by atoms with E-state index in [4.69, 9.17) is 5.11 Å². The summed E-state index contributed by atoms with van der Waals surface area (Å²) in [6, 6.07) is 11.6. The zero-order valence-electron chi connectivity index (χ0n) is 14.9. The number of hydrogen-bond donors (Lipinski definition) is 2. The van der Waals surface area contributed by atoms with Gasteiger partial charge in [-0.1, -0.05) is 12.1 Å². The van der Waals surface area contributed by atoms with E-state index in [0.717, 1.165) is 16.7 Å². The molecule has 0 spiro atoms. The van der Waals surface area contributed by atoms with E-state index in [2.05, 4.69) is 5.32 Å². The normalized spacial score (nSPS) is 14.0. The topological polar surface area (TPSA) is 86.7 Å². The maximum atomic E-state index is 13.2. The number of aliphatic hydroxyl groups is 1. The maximum Gasteiger partial charge on any atom is 0.272 e. The van der Waals surface area contributed by atoms with E-state index in [1.54, 1.807) is 24.3 Å². The van der Waals surface area contributed by atoms with Crippen LogP contribution in [0.25, 0.3) is 5.57 Å². The van der Waals surface area contributed by atoms with E-state index >= 15 is 0 Å². The van der Waals surface area contributed by atoms with Gasteiger partial charge in [0.2, 0.25) is 5.91 Å². The fourth-order valence-corrected chi connectivity index (χ4v) is 3.65. The Morgan fingerprint density at radius 3 is 2.29 bits per heavy atom. The quantitative estimate of drug-likeness (QED) is 0.729. The van der Waals surface area contributed by atoms with Crippen LogP contribution in [0, 0.1) is 5.82 Å². The van der Waals surface area contributed by atoms with Gasteiger partial charge in [-0.25, -0.2) is 9.29 Å². The molecule has 28 heavy (non-hydrogen) atoms. The highest BCUT2D eigenvalue weighted by Gasteiger charge is 2.40. The zero-order chi connectivity index (χ0) is 20.3. The Labute approximate surface area is 165 Å². The summed E-state index contributed by atoms with van der Waals surface area (Å²) in [7, 11) is 0. The fraction of sp³-hybridized carbons (Fsp3) is 0.150. The highest BCUT2D eigenvalue weighted by atomic mass is 32.2. The molecule has 0 aromatic heterocycles. The lowest BCUT2D eigenvalue weighted by Crippen LogP contribution is -2.31. The van der Waals surface area contributed by atoms with Crippen molar-refractivity contribution in [3.05, 3.63) is 64.8 Å². The molecule has 0 saturated heterocycles. The number of imide groups is 1. The Balaban J connectivity index is 2.00. The van der Waals surface area contributed by atoms with Crippen molar-refractivity contribution in [3.8, 4) is 0 Å². The van der Waals surface area contributed by atoms with Gasteiger partial charge in [0.25, 0.3) is 11.8 Å². The monoisotopic (exact) mass is 400 g/mol. The van der Waals surface area contributed by atoms with Gasteiger partial charge in [-0.15, -0.1) is 11.8 Å². The summed E-state index contributed by atoms with van der Waals surface area (Å²) in [5.41, 5.74) is 1.55. The predicted octanol–water partition coefficient (Wildman–Crippen LogP) is 2.79. The number of nitrogens with one attached hydrogen (secondary N) is 1. The molecule has 2 aromatic rings. The van der Waals surface area contributed by atoms with Crippen LogP contribution in [-0.4, -0.2) is 35.2 Å². The van der Waals surface area contributed by atoms with Gasteiger partial charge in [0.1, 0.15) is 5.82 Å². The van der Waals surface area contributed by atoms with Crippen molar-refractivity contribution in [2.24, 2.45) is 0 Å². The van der Waals surface area contributed by atoms with Gasteiger partial charge < -0.3 is 10.4 Å². The first kappa shape index (κ1) is 19.8. The van der Waals surface area contributed by atoms with Gasteiger partial charge in [0.05, 0.1) is 22.8 Å². The fourth-order valence-electron chi connectivity index (χ4n) is 2.79. The largest absolute Gasteiger partial charge is 0.396 e. The molecule has 1 aliphatic heterocycles. The molecule has 2 N–H and O–H groups in total. The van der Waals surface area contributed by atoms with Gasteiger partial charge in [0, 0.05) is 18.4 Å². The summed E-state index contributed by atoms with van der Waals surface area (Å²) in [5.74, 6) is -1.49. The lowest BCUT2D eigenvalue weighted by molar-refractivity contribution is -0.120. The van der Waals surface area contributed by atoms with Crippen molar-refractivity contribution in [3.63, 3.8) is 0 Å². The summed E-state index contributed by atoms with van der Waals surface area (Å²) in [6.07, 6.45) is 0. The van der Waals surface area contributed by atoms with Crippen molar-refractivity contribution in [2.75, 3.05) is 22.6 Å². The van der Waals surface area contributed by atoms with Crippen molar-refractivity contribution >= 4 is 46.4 Å². The average Bonchev–Trinajstić information content (AvgIpc) is 2.91. The van der Waals surface area contributed by atoms with Crippen LogP contribution in [0.15, 0.2) is 53.4 Å². The molecule has 1 aliphatic rings. The van der Waals surface area contributed by atoms with Crippen LogP contribution in [0.1, 0.15) is 12.5 Å². The van der Waals surface area contributed by atoms with Gasteiger partial charge in [0.15, 0.2) is 0 Å². The number of rotatable bonds is 6. The zero-order valence-corrected chi connectivity index (χ0v) is 15.8. The smallest absolute Gasteiger partial charge is 0.272 e. The van der Waals surface area contributed by atoms with Crippen LogP contribution in [0.3, 0.4) is 0 Å². The number of carbonyl (C=O) groups excluding carboxylic acids is 3. The third-order valence-corrected chi connectivity index (χ3v) is 5.01. The Kier molecular flexibility index (Phi) is 5.91. The number of carbonyl (C=O) groups is 3. The minimum Gasteiger partial charge on any atom is -0.396 e. The number of nitrogens with zero attached hydrogens (tertiary/aromatic N) is 1. The molecule has 0 unspecified atom stereocenters. The molecule has 3 rings (SSSR count). The van der Waals surface area contributed by atoms with Gasteiger partial charge in [-0.05, 0) is 42.0 Å². The minimum absolute atomic E-state index is 0.152. The van der Waals surface area contributed by atoms with Crippen molar-refractivity contribution < 1.29 is 23.9 Å². The number of hydrogen-bond acceptors (Lipinski definition) is 5. The molecule has 144 valence electrons. The SMILES string of the molecule is CC(=O)Nc1ccc(C2=C(SCCO)C(=O)N(c3ccc(F)cc3)C2=O)cc1. The molecule has 8 heteroatoms. The van der Waals surface area contributed by atoms with Crippen LogP contribution in [0.5, 0.6) is 0 Å². The summed E-state index contributed by atoms with van der Waals surface area (Å²) >= 11 is 1.09. The molecule has 1 heterocycles. The Bertz CT molecular complexity index is 955. The second-order valence-corrected chi connectivity index (χ2v) is 7.06. The van der Waals surface area contributed by atoms with Crippen LogP contribution in [0.4, 0.5) is 15.8 Å². The molecule has 0 bridgehead atoms. The van der Waals surface area contributed by atoms with Crippen molar-refractivity contribution in [1.82, 2.24) is 0 Å². The Morgan fingerprint density at radius 1 is 1.07 bits per heavy atom. The van der Waals surface area contributed by atoms with Crippen LogP contribution in [0.2, 0.25) is 0 Å². The Morgan fingerprint density at radius 2 is 1.71 bits per heavy atom. The lowest BCUT2D eigenvalue weighted by Gasteiger charge is -2.15. The third kappa shape index (κ3) is 3.97. The first-order chi connectivity index (χ1) is 13.4. The first-order valence-electron chi connectivity index (χ1n) is 8.42. The van der Waals surface area contributed by atoms with Crippen LogP contribution >= 0.6 is 11.8 Å². The molecule has 3 amide bonds. The molecule has 2 aromatic carbocycles. The average molecular weight is 400 g/mol. The second-order valence-electron chi connectivity index (χ2n) is 5.96. The minimum atomic E-state index is -0.524. The van der Waals surface area contributed by atoms with E-state index in [-0.39, 0.29) is 34.4 Å². The predicted molar refractivity (Wildman–Crippen MR) is 106 cm³/mol. The van der Waals surface area contributed by atoms with Crippen LogP contribution < -0.4 is 10.2 Å². The van der Waals surface area contributed by atoms with Gasteiger partial charge in [-0.2, -0.15) is 0 Å². The summed E-state index contributed by atoms with van der Waals surface area (Å²) in [6.45, 7) is 1.24. The highest BCUT2D eigenvalue weighted by Crippen LogP contribution is 2.38. The molecular formula is C20H17FN2O4S. The molecular weight excluding hydrogens is 383 g/mol. The number of amides is 3. The van der Waals surface area contributed by atoms with E-state index in [0.29, 0.717) is 11.3 Å². The highest BCUT2D eigenvalue weighted by molar-refractivity contribution is 8.04. The number of benzene rings is 2. The maximum absolute atomic E-state index is 13.2. The second kappa shape index (κ2) is 8.37. The van der Waals surface area contributed by atoms with E-state index < -0.39 is 17.6 Å². The third-order valence-electron chi connectivity index (χ3n) is 3.96. The standard InChI is InChI=1S/C20H17FN2O4S/c1-12(25)22-15-6-2-13(3-7-15)17-18(28-11-10-24)20(27)23(19(17)26)16-8-4-14(21)5-9-16/h2-9,24H,10-11H2,1H3,(H,22,25). The van der Waals surface area contributed by atoms with Gasteiger partial charge >= 0.3 is 0 Å². The Hall–Kier alpha value is -2.97. The van der Waals surface area contributed by atoms with E-state index in [1.165, 1.54) is 31.2 Å². The molecule has 6 nitrogen and oxygen atoms in total. The number of halogens is 1. The van der Waals surface area contributed by atoms with Gasteiger partial charge in [-0.3, -0.25) is 14.4 Å². The summed E-state index contributed by atoms with van der Waals surface area (Å²) in [4.78, 5) is 38.3. The molecule has 0 atom stereocenters. The first-order valence-corrected chi connectivity index (χ1v) is 9.41. The van der Waals surface area contributed by atoms with Crippen molar-refractivity contribution in [2.45, 2.75) is 6.92 Å². The number of anilines is 2. The lowest BCUT2D eigenvalue weighted by atomic mass is 10.1.